The highest BCUT2D eigenvalue weighted by molar-refractivity contribution is 6.01. The largest absolute Gasteiger partial charge is 0.478 e. The molecule has 0 aliphatic carbocycles. The minimum Gasteiger partial charge on any atom is -0.478 e. The summed E-state index contributed by atoms with van der Waals surface area (Å²) in [6.45, 7) is 0. The lowest BCUT2D eigenvalue weighted by atomic mass is 9.88. The zero-order valence-electron chi connectivity index (χ0n) is 10.4. The van der Waals surface area contributed by atoms with Gasteiger partial charge in [-0.25, -0.2) is 4.79 Å². The number of rotatable bonds is 3. The summed E-state index contributed by atoms with van der Waals surface area (Å²) in [6.07, 6.45) is 3.02. The normalized spacial score (nSPS) is 28.3. The highest BCUT2D eigenvalue weighted by Gasteiger charge is 2.42. The molecule has 3 N–H and O–H groups in total. The van der Waals surface area contributed by atoms with E-state index in [1.807, 2.05) is 0 Å². The fourth-order valence-electron chi connectivity index (χ4n) is 3.12. The third-order valence-electron chi connectivity index (χ3n) is 4.05. The van der Waals surface area contributed by atoms with Crippen LogP contribution in [-0.2, 0) is 4.79 Å². The molecule has 3 rings (SSSR count). The van der Waals surface area contributed by atoms with E-state index in [1.165, 1.54) is 6.07 Å². The smallest absolute Gasteiger partial charge is 0.337 e. The summed E-state index contributed by atoms with van der Waals surface area (Å²) in [4.78, 5) is 23.3. The van der Waals surface area contributed by atoms with Crippen molar-refractivity contribution in [3.8, 4) is 0 Å². The number of anilines is 1. The van der Waals surface area contributed by atoms with E-state index in [4.69, 9.17) is 5.11 Å². The lowest BCUT2D eigenvalue weighted by Gasteiger charge is -2.19. The first-order valence-corrected chi connectivity index (χ1v) is 6.54. The Balaban J connectivity index is 1.75. The lowest BCUT2D eigenvalue weighted by molar-refractivity contribution is -0.120. The summed E-state index contributed by atoms with van der Waals surface area (Å²) in [5.41, 5.74) is 0.509. The van der Waals surface area contributed by atoms with Crippen molar-refractivity contribution in [2.75, 3.05) is 5.32 Å². The van der Waals surface area contributed by atoms with Crippen LogP contribution in [0, 0.1) is 5.92 Å². The highest BCUT2D eigenvalue weighted by Crippen LogP contribution is 2.34. The van der Waals surface area contributed by atoms with E-state index in [9.17, 15) is 9.59 Å². The van der Waals surface area contributed by atoms with Gasteiger partial charge in [-0.2, -0.15) is 0 Å². The van der Waals surface area contributed by atoms with E-state index in [0.717, 1.165) is 19.3 Å². The molecule has 2 saturated heterocycles. The van der Waals surface area contributed by atoms with Crippen LogP contribution in [0.25, 0.3) is 0 Å². The molecule has 5 nitrogen and oxygen atoms in total. The summed E-state index contributed by atoms with van der Waals surface area (Å²) in [5, 5.41) is 15.2. The number of hydrogen-bond donors (Lipinski definition) is 3. The van der Waals surface area contributed by atoms with Gasteiger partial charge in [-0.3, -0.25) is 4.79 Å². The molecule has 2 aliphatic heterocycles. The number of hydrogen-bond acceptors (Lipinski definition) is 3. The third kappa shape index (κ3) is 2.21. The second-order valence-corrected chi connectivity index (χ2v) is 5.23. The molecule has 0 radical (unpaired) electrons. The van der Waals surface area contributed by atoms with Gasteiger partial charge in [0.25, 0.3) is 0 Å². The Morgan fingerprint density at radius 3 is 2.68 bits per heavy atom. The minimum absolute atomic E-state index is 0.0411. The fraction of sp³-hybridized carbons (Fsp3) is 0.429. The van der Waals surface area contributed by atoms with Crippen molar-refractivity contribution in [2.45, 2.75) is 31.3 Å². The first-order chi connectivity index (χ1) is 9.15. The average Bonchev–Trinajstić information content (AvgIpc) is 3.01. The Bertz CT molecular complexity index is 529. The van der Waals surface area contributed by atoms with E-state index < -0.39 is 5.97 Å². The van der Waals surface area contributed by atoms with E-state index in [1.54, 1.807) is 18.2 Å². The number of para-hydroxylation sites is 1. The Morgan fingerprint density at radius 2 is 2.05 bits per heavy atom. The fourth-order valence-corrected chi connectivity index (χ4v) is 3.12. The van der Waals surface area contributed by atoms with Gasteiger partial charge in [0.15, 0.2) is 0 Å². The van der Waals surface area contributed by atoms with Crippen LogP contribution >= 0.6 is 0 Å². The number of carboxylic acid groups (broad SMARTS) is 1. The second kappa shape index (κ2) is 4.66. The van der Waals surface area contributed by atoms with Crippen LogP contribution in [-0.4, -0.2) is 29.1 Å². The summed E-state index contributed by atoms with van der Waals surface area (Å²) in [6, 6.07) is 7.20. The molecule has 0 aromatic heterocycles. The van der Waals surface area contributed by atoms with Crippen molar-refractivity contribution in [3.05, 3.63) is 29.8 Å². The molecular weight excluding hydrogens is 244 g/mol. The van der Waals surface area contributed by atoms with Gasteiger partial charge in [0.2, 0.25) is 5.91 Å². The number of benzene rings is 1. The molecule has 3 unspecified atom stereocenters. The SMILES string of the molecule is O=C(O)c1ccccc1NC(=O)C1CC2CCC1N2. The Labute approximate surface area is 111 Å². The van der Waals surface area contributed by atoms with E-state index in [2.05, 4.69) is 10.6 Å². The average molecular weight is 260 g/mol. The third-order valence-corrected chi connectivity index (χ3v) is 4.05. The van der Waals surface area contributed by atoms with Gasteiger partial charge < -0.3 is 15.7 Å². The topological polar surface area (TPSA) is 78.4 Å². The number of fused-ring (bicyclic) bond motifs is 2. The number of aromatic carboxylic acids is 1. The molecule has 3 atom stereocenters. The molecule has 19 heavy (non-hydrogen) atoms. The molecule has 1 amide bonds. The zero-order valence-corrected chi connectivity index (χ0v) is 10.4. The molecule has 1 aromatic rings. The number of amides is 1. The lowest BCUT2D eigenvalue weighted by Crippen LogP contribution is -2.33. The quantitative estimate of drug-likeness (QED) is 0.769. The zero-order chi connectivity index (χ0) is 13.4. The van der Waals surface area contributed by atoms with Crippen LogP contribution in [0.4, 0.5) is 5.69 Å². The molecule has 2 heterocycles. The first kappa shape index (κ1) is 12.2. The van der Waals surface area contributed by atoms with Gasteiger partial charge in [-0.05, 0) is 31.4 Å². The van der Waals surface area contributed by atoms with Crippen LogP contribution in [0.2, 0.25) is 0 Å². The van der Waals surface area contributed by atoms with Gasteiger partial charge in [-0.15, -0.1) is 0 Å². The summed E-state index contributed by atoms with van der Waals surface area (Å²) >= 11 is 0. The number of nitrogens with one attached hydrogen (secondary N) is 2. The molecule has 2 aliphatic rings. The van der Waals surface area contributed by atoms with Crippen molar-refractivity contribution >= 4 is 17.6 Å². The van der Waals surface area contributed by atoms with Gasteiger partial charge >= 0.3 is 5.97 Å². The van der Waals surface area contributed by atoms with E-state index >= 15 is 0 Å². The maximum absolute atomic E-state index is 12.2. The van der Waals surface area contributed by atoms with Gasteiger partial charge in [-0.1, -0.05) is 12.1 Å². The highest BCUT2D eigenvalue weighted by atomic mass is 16.4. The maximum atomic E-state index is 12.2. The summed E-state index contributed by atoms with van der Waals surface area (Å²) in [5.74, 6) is -1.14. The van der Waals surface area contributed by atoms with Gasteiger partial charge in [0.1, 0.15) is 0 Å². The maximum Gasteiger partial charge on any atom is 0.337 e. The monoisotopic (exact) mass is 260 g/mol. The summed E-state index contributed by atoms with van der Waals surface area (Å²) < 4.78 is 0. The molecule has 2 fully saturated rings. The van der Waals surface area contributed by atoms with Crippen molar-refractivity contribution in [2.24, 2.45) is 5.92 Å². The molecule has 1 aromatic carbocycles. The predicted molar refractivity (Wildman–Crippen MR) is 70.1 cm³/mol. The molecule has 0 saturated carbocycles. The number of carboxylic acids is 1. The van der Waals surface area contributed by atoms with Crippen molar-refractivity contribution in [3.63, 3.8) is 0 Å². The first-order valence-electron chi connectivity index (χ1n) is 6.54. The molecule has 0 spiro atoms. The van der Waals surface area contributed by atoms with Crippen LogP contribution in [0.5, 0.6) is 0 Å². The van der Waals surface area contributed by atoms with Crippen LogP contribution in [0.15, 0.2) is 24.3 Å². The van der Waals surface area contributed by atoms with Crippen molar-refractivity contribution in [1.29, 1.82) is 0 Å². The standard InChI is InChI=1S/C14H16N2O3/c17-13(10-7-8-5-6-12(10)15-8)16-11-4-2-1-3-9(11)14(18)19/h1-4,8,10,12,15H,5-7H2,(H,16,17)(H,18,19). The van der Waals surface area contributed by atoms with Crippen LogP contribution in [0.1, 0.15) is 29.6 Å². The Kier molecular flexibility index (Phi) is 2.98. The Hall–Kier alpha value is -1.88. The van der Waals surface area contributed by atoms with Crippen LogP contribution in [0.3, 0.4) is 0 Å². The predicted octanol–water partition coefficient (Wildman–Crippen LogP) is 1.46. The van der Waals surface area contributed by atoms with Gasteiger partial charge in [0.05, 0.1) is 17.2 Å². The molecule has 2 bridgehead atoms. The van der Waals surface area contributed by atoms with Crippen molar-refractivity contribution in [1.82, 2.24) is 5.32 Å². The molecular formula is C14H16N2O3. The molecule has 100 valence electrons. The van der Waals surface area contributed by atoms with E-state index in [-0.39, 0.29) is 23.4 Å². The Morgan fingerprint density at radius 1 is 1.26 bits per heavy atom. The second-order valence-electron chi connectivity index (χ2n) is 5.23. The van der Waals surface area contributed by atoms with Gasteiger partial charge in [0, 0.05) is 12.1 Å². The number of carbonyl (C=O) groups excluding carboxylic acids is 1. The summed E-state index contributed by atoms with van der Waals surface area (Å²) in [7, 11) is 0. The number of carbonyl (C=O) groups is 2. The van der Waals surface area contributed by atoms with Crippen LogP contribution < -0.4 is 10.6 Å². The molecule has 5 heteroatoms. The van der Waals surface area contributed by atoms with E-state index in [0.29, 0.717) is 11.7 Å². The minimum atomic E-state index is -1.03. The van der Waals surface area contributed by atoms with Crippen molar-refractivity contribution < 1.29 is 14.7 Å².